The van der Waals surface area contributed by atoms with Crippen molar-refractivity contribution in [3.63, 3.8) is 0 Å². The number of hydrogen-bond donors (Lipinski definition) is 1. The second kappa shape index (κ2) is 7.70. The zero-order valence-electron chi connectivity index (χ0n) is 10.2. The van der Waals surface area contributed by atoms with Gasteiger partial charge in [0.05, 0.1) is 25.2 Å². The standard InChI is InChI=1S/C14H19NO2/c1-2-3-10-17-14-6-4-12(5-7-14)11-13(16)8-9-15/h4-7,13,16H,2-3,8,10-11H2,1H3/t13-/m0/s1. The van der Waals surface area contributed by atoms with Gasteiger partial charge in [0.1, 0.15) is 5.75 Å². The number of nitrogens with zero attached hydrogens (tertiary/aromatic N) is 1. The molecule has 0 bridgehead atoms. The minimum Gasteiger partial charge on any atom is -0.494 e. The molecule has 0 amide bonds. The quantitative estimate of drug-likeness (QED) is 0.737. The first-order chi connectivity index (χ1) is 8.26. The molecule has 17 heavy (non-hydrogen) atoms. The molecule has 92 valence electrons. The number of nitriles is 1. The maximum Gasteiger partial charge on any atom is 0.119 e. The average Bonchev–Trinajstić information content (AvgIpc) is 2.32. The molecule has 1 aromatic carbocycles. The molecule has 0 aromatic heterocycles. The average molecular weight is 233 g/mol. The first-order valence-corrected chi connectivity index (χ1v) is 6.03. The van der Waals surface area contributed by atoms with Crippen molar-refractivity contribution in [1.82, 2.24) is 0 Å². The summed E-state index contributed by atoms with van der Waals surface area (Å²) in [6, 6.07) is 9.64. The van der Waals surface area contributed by atoms with Crippen LogP contribution in [0.1, 0.15) is 31.7 Å². The predicted molar refractivity (Wildman–Crippen MR) is 66.8 cm³/mol. The molecular formula is C14H19NO2. The highest BCUT2D eigenvalue weighted by atomic mass is 16.5. The van der Waals surface area contributed by atoms with Gasteiger partial charge in [0.2, 0.25) is 0 Å². The van der Waals surface area contributed by atoms with Crippen LogP contribution in [0.4, 0.5) is 0 Å². The number of aliphatic hydroxyl groups is 1. The van der Waals surface area contributed by atoms with Crippen molar-refractivity contribution in [3.05, 3.63) is 29.8 Å². The maximum absolute atomic E-state index is 9.49. The molecule has 1 atom stereocenters. The summed E-state index contributed by atoms with van der Waals surface area (Å²) in [6.07, 6.45) is 2.30. The first kappa shape index (κ1) is 13.5. The van der Waals surface area contributed by atoms with E-state index in [1.807, 2.05) is 30.3 Å². The van der Waals surface area contributed by atoms with Gasteiger partial charge in [-0.25, -0.2) is 0 Å². The number of benzene rings is 1. The molecule has 3 heteroatoms. The van der Waals surface area contributed by atoms with Crippen LogP contribution in [0.2, 0.25) is 0 Å². The molecule has 0 aliphatic rings. The van der Waals surface area contributed by atoms with Gasteiger partial charge in [0.25, 0.3) is 0 Å². The molecule has 0 saturated carbocycles. The third kappa shape index (κ3) is 5.37. The minimum atomic E-state index is -0.577. The topological polar surface area (TPSA) is 53.2 Å². The van der Waals surface area contributed by atoms with E-state index in [0.717, 1.165) is 30.8 Å². The maximum atomic E-state index is 9.49. The van der Waals surface area contributed by atoms with E-state index in [2.05, 4.69) is 6.92 Å². The molecule has 0 radical (unpaired) electrons. The van der Waals surface area contributed by atoms with Crippen molar-refractivity contribution in [2.45, 2.75) is 38.7 Å². The summed E-state index contributed by atoms with van der Waals surface area (Å²) in [5.41, 5.74) is 1.02. The Kier molecular flexibility index (Phi) is 6.13. The van der Waals surface area contributed by atoms with Crippen molar-refractivity contribution in [2.24, 2.45) is 0 Å². The van der Waals surface area contributed by atoms with Crippen LogP contribution in [0.15, 0.2) is 24.3 Å². The summed E-state index contributed by atoms with van der Waals surface area (Å²) in [6.45, 7) is 2.87. The minimum absolute atomic E-state index is 0.175. The predicted octanol–water partition coefficient (Wildman–Crippen LogP) is 2.68. The summed E-state index contributed by atoms with van der Waals surface area (Å²) in [5.74, 6) is 0.858. The van der Waals surface area contributed by atoms with Crippen molar-refractivity contribution in [2.75, 3.05) is 6.61 Å². The molecule has 0 heterocycles. The summed E-state index contributed by atoms with van der Waals surface area (Å²) < 4.78 is 5.54. The lowest BCUT2D eigenvalue weighted by Gasteiger charge is -2.08. The van der Waals surface area contributed by atoms with Crippen LogP contribution >= 0.6 is 0 Å². The fourth-order valence-corrected chi connectivity index (χ4v) is 1.51. The van der Waals surface area contributed by atoms with Crippen LogP contribution < -0.4 is 4.74 Å². The normalized spacial score (nSPS) is 11.8. The van der Waals surface area contributed by atoms with Gasteiger partial charge in [-0.1, -0.05) is 25.5 Å². The monoisotopic (exact) mass is 233 g/mol. The van der Waals surface area contributed by atoms with E-state index >= 15 is 0 Å². The third-order valence-electron chi connectivity index (χ3n) is 2.49. The molecule has 0 saturated heterocycles. The molecule has 0 fully saturated rings. The number of aliphatic hydroxyl groups excluding tert-OH is 1. The number of unbranched alkanes of at least 4 members (excludes halogenated alkanes) is 1. The highest BCUT2D eigenvalue weighted by molar-refractivity contribution is 5.27. The highest BCUT2D eigenvalue weighted by Crippen LogP contribution is 2.14. The van der Waals surface area contributed by atoms with Gasteiger partial charge in [-0.15, -0.1) is 0 Å². The van der Waals surface area contributed by atoms with Crippen LogP contribution in [0.3, 0.4) is 0 Å². The van der Waals surface area contributed by atoms with E-state index in [4.69, 9.17) is 10.00 Å². The van der Waals surface area contributed by atoms with Gasteiger partial charge in [-0.3, -0.25) is 0 Å². The first-order valence-electron chi connectivity index (χ1n) is 6.03. The number of rotatable bonds is 7. The third-order valence-corrected chi connectivity index (χ3v) is 2.49. The van der Waals surface area contributed by atoms with Gasteiger partial charge in [-0.2, -0.15) is 5.26 Å². The molecule has 1 N–H and O–H groups in total. The summed E-state index contributed by atoms with van der Waals surface area (Å²) in [5, 5.41) is 17.9. The van der Waals surface area contributed by atoms with Gasteiger partial charge < -0.3 is 9.84 Å². The summed E-state index contributed by atoms with van der Waals surface area (Å²) in [7, 11) is 0. The van der Waals surface area contributed by atoms with Crippen LogP contribution in [-0.2, 0) is 6.42 Å². The fourth-order valence-electron chi connectivity index (χ4n) is 1.51. The van der Waals surface area contributed by atoms with E-state index in [1.165, 1.54) is 0 Å². The lowest BCUT2D eigenvalue weighted by molar-refractivity contribution is 0.180. The Morgan fingerprint density at radius 2 is 2.06 bits per heavy atom. The molecule has 3 nitrogen and oxygen atoms in total. The zero-order chi connectivity index (χ0) is 12.5. The van der Waals surface area contributed by atoms with Crippen molar-refractivity contribution < 1.29 is 9.84 Å². The number of ether oxygens (including phenoxy) is 1. The van der Waals surface area contributed by atoms with E-state index in [9.17, 15) is 5.11 Å². The molecule has 0 spiro atoms. The molecule has 0 unspecified atom stereocenters. The van der Waals surface area contributed by atoms with Crippen LogP contribution in [-0.4, -0.2) is 17.8 Å². The Hall–Kier alpha value is -1.53. The Morgan fingerprint density at radius 3 is 2.65 bits per heavy atom. The lowest BCUT2D eigenvalue weighted by atomic mass is 10.1. The zero-order valence-corrected chi connectivity index (χ0v) is 10.2. The number of hydrogen-bond acceptors (Lipinski definition) is 3. The van der Waals surface area contributed by atoms with Gasteiger partial charge in [-0.05, 0) is 30.5 Å². The Morgan fingerprint density at radius 1 is 1.35 bits per heavy atom. The SMILES string of the molecule is CCCCOc1ccc(C[C@@H](O)CC#N)cc1. The Bertz CT molecular complexity index is 353. The molecule has 0 aliphatic carbocycles. The molecule has 1 rings (SSSR count). The van der Waals surface area contributed by atoms with E-state index in [-0.39, 0.29) is 6.42 Å². The molecular weight excluding hydrogens is 214 g/mol. The molecule has 1 aromatic rings. The van der Waals surface area contributed by atoms with Gasteiger partial charge in [0, 0.05) is 0 Å². The van der Waals surface area contributed by atoms with E-state index in [0.29, 0.717) is 6.42 Å². The Labute approximate surface area is 103 Å². The Balaban J connectivity index is 2.42. The largest absolute Gasteiger partial charge is 0.494 e. The fraction of sp³-hybridized carbons (Fsp3) is 0.500. The molecule has 0 aliphatic heterocycles. The smallest absolute Gasteiger partial charge is 0.119 e. The second-order valence-corrected chi connectivity index (χ2v) is 4.07. The van der Waals surface area contributed by atoms with Crippen LogP contribution in [0, 0.1) is 11.3 Å². The summed E-state index contributed by atoms with van der Waals surface area (Å²) >= 11 is 0. The van der Waals surface area contributed by atoms with Gasteiger partial charge >= 0.3 is 0 Å². The second-order valence-electron chi connectivity index (χ2n) is 4.07. The van der Waals surface area contributed by atoms with Crippen LogP contribution in [0.5, 0.6) is 5.75 Å². The van der Waals surface area contributed by atoms with Crippen LogP contribution in [0.25, 0.3) is 0 Å². The van der Waals surface area contributed by atoms with E-state index < -0.39 is 6.10 Å². The lowest BCUT2D eigenvalue weighted by Crippen LogP contribution is -2.09. The van der Waals surface area contributed by atoms with Crippen molar-refractivity contribution in [3.8, 4) is 11.8 Å². The highest BCUT2D eigenvalue weighted by Gasteiger charge is 2.04. The van der Waals surface area contributed by atoms with Gasteiger partial charge in [0.15, 0.2) is 0 Å². The van der Waals surface area contributed by atoms with Crippen molar-refractivity contribution >= 4 is 0 Å². The summed E-state index contributed by atoms with van der Waals surface area (Å²) in [4.78, 5) is 0. The van der Waals surface area contributed by atoms with E-state index in [1.54, 1.807) is 0 Å². The van der Waals surface area contributed by atoms with Crippen molar-refractivity contribution in [1.29, 1.82) is 5.26 Å².